The minimum atomic E-state index is 0.123. The highest BCUT2D eigenvalue weighted by molar-refractivity contribution is 5.72. The van der Waals surface area contributed by atoms with Gasteiger partial charge in [0, 0.05) is 0 Å². The molecule has 306 valence electrons. The van der Waals surface area contributed by atoms with Gasteiger partial charge in [0.25, 0.3) is 0 Å². The highest BCUT2D eigenvalue weighted by Gasteiger charge is 2.19. The molecule has 0 N–H and O–H groups in total. The van der Waals surface area contributed by atoms with Gasteiger partial charge in [-0.3, -0.25) is 4.79 Å². The number of hydrogen-bond donors (Lipinski definition) is 0. The maximum absolute atomic E-state index is 13.2. The van der Waals surface area contributed by atoms with E-state index in [1.54, 1.807) is 0 Å². The summed E-state index contributed by atoms with van der Waals surface area (Å²) < 4.78 is 5.90. The van der Waals surface area contributed by atoms with E-state index in [0.717, 1.165) is 19.3 Å². The van der Waals surface area contributed by atoms with Gasteiger partial charge in [0.05, 0.1) is 12.5 Å². The summed E-state index contributed by atoms with van der Waals surface area (Å²) in [6, 6.07) is 0. The second-order valence-corrected chi connectivity index (χ2v) is 16.9. The molecule has 0 aliphatic rings. The van der Waals surface area contributed by atoms with Gasteiger partial charge in [-0.05, 0) is 19.3 Å². The molecule has 0 spiro atoms. The Labute approximate surface area is 324 Å². The normalized spacial score (nSPS) is 12.1. The smallest absolute Gasteiger partial charge is 0.308 e. The van der Waals surface area contributed by atoms with Crippen LogP contribution in [0.5, 0.6) is 0 Å². The molecule has 0 amide bonds. The van der Waals surface area contributed by atoms with Crippen molar-refractivity contribution < 1.29 is 9.53 Å². The van der Waals surface area contributed by atoms with Crippen LogP contribution in [0.3, 0.4) is 0 Å². The first-order valence-corrected chi connectivity index (χ1v) is 24.4. The Kier molecular flexibility index (Phi) is 45.2. The van der Waals surface area contributed by atoms with Gasteiger partial charge in [-0.2, -0.15) is 0 Å². The molecule has 0 aromatic rings. The molecule has 51 heavy (non-hydrogen) atoms. The Morgan fingerprint density at radius 2 is 0.490 bits per heavy atom. The molecule has 0 saturated carbocycles. The van der Waals surface area contributed by atoms with Crippen molar-refractivity contribution in [2.24, 2.45) is 5.92 Å². The van der Waals surface area contributed by atoms with Crippen molar-refractivity contribution in [3.8, 4) is 0 Å². The minimum absolute atomic E-state index is 0.123. The lowest BCUT2D eigenvalue weighted by molar-refractivity contribution is -0.149. The first kappa shape index (κ1) is 50.5. The van der Waals surface area contributed by atoms with Gasteiger partial charge in [-0.1, -0.05) is 278 Å². The molecule has 0 fully saturated rings. The van der Waals surface area contributed by atoms with Crippen LogP contribution >= 0.6 is 0 Å². The Morgan fingerprint density at radius 1 is 0.294 bits per heavy atom. The zero-order valence-corrected chi connectivity index (χ0v) is 36.0. The SMILES string of the molecule is CCCCCCCCCCCCCCCCCCC(CCCCCCCCCCCCCCCC)C(=O)OCCCCCCCCCCCCC. The lowest BCUT2D eigenvalue weighted by Gasteiger charge is -2.16. The van der Waals surface area contributed by atoms with Gasteiger partial charge >= 0.3 is 5.97 Å². The summed E-state index contributed by atoms with van der Waals surface area (Å²) in [5.74, 6) is 0.263. The average Bonchev–Trinajstić information content (AvgIpc) is 3.14. The Hall–Kier alpha value is -0.530. The Balaban J connectivity index is 4.06. The van der Waals surface area contributed by atoms with E-state index in [9.17, 15) is 4.79 Å². The summed E-state index contributed by atoms with van der Waals surface area (Å²) in [4.78, 5) is 13.2. The third kappa shape index (κ3) is 42.1. The zero-order valence-electron chi connectivity index (χ0n) is 36.0. The van der Waals surface area contributed by atoms with Crippen molar-refractivity contribution in [2.45, 2.75) is 297 Å². The first-order valence-electron chi connectivity index (χ1n) is 24.4. The molecule has 0 aromatic heterocycles. The van der Waals surface area contributed by atoms with Crippen LogP contribution in [-0.2, 0) is 9.53 Å². The predicted octanol–water partition coefficient (Wildman–Crippen LogP) is 18.0. The Morgan fingerprint density at radius 3 is 0.725 bits per heavy atom. The lowest BCUT2D eigenvalue weighted by atomic mass is 9.94. The van der Waals surface area contributed by atoms with Crippen molar-refractivity contribution in [3.63, 3.8) is 0 Å². The number of hydrogen-bond acceptors (Lipinski definition) is 2. The monoisotopic (exact) mass is 719 g/mol. The molecule has 0 aromatic carbocycles. The molecule has 1 atom stereocenters. The number of carbonyl (C=O) groups excluding carboxylic acids is 1. The standard InChI is InChI=1S/C49H98O2/c1-4-7-10-13-16-19-22-24-26-27-29-31-34-37-40-43-46-48(45-42-39-36-33-30-28-25-23-20-17-14-11-8-5-2)49(50)51-47-44-41-38-35-32-21-18-15-12-9-6-3/h48H,4-47H2,1-3H3. The molecule has 0 saturated heterocycles. The van der Waals surface area contributed by atoms with E-state index < -0.39 is 0 Å². The van der Waals surface area contributed by atoms with Gasteiger partial charge in [-0.15, -0.1) is 0 Å². The van der Waals surface area contributed by atoms with E-state index in [0.29, 0.717) is 6.61 Å². The molecular formula is C49H98O2. The van der Waals surface area contributed by atoms with Crippen LogP contribution in [0, 0.1) is 5.92 Å². The zero-order chi connectivity index (χ0) is 37.0. The van der Waals surface area contributed by atoms with E-state index in [1.807, 2.05) is 0 Å². The van der Waals surface area contributed by atoms with Gasteiger partial charge < -0.3 is 4.74 Å². The van der Waals surface area contributed by atoms with Crippen molar-refractivity contribution in [2.75, 3.05) is 6.61 Å². The van der Waals surface area contributed by atoms with Crippen LogP contribution in [0.15, 0.2) is 0 Å². The third-order valence-electron chi connectivity index (χ3n) is 11.6. The molecule has 0 heterocycles. The lowest BCUT2D eigenvalue weighted by Crippen LogP contribution is -2.18. The number of unbranched alkanes of at least 4 members (excludes halogenated alkanes) is 38. The molecule has 1 unspecified atom stereocenters. The van der Waals surface area contributed by atoms with Gasteiger partial charge in [0.1, 0.15) is 0 Å². The van der Waals surface area contributed by atoms with Crippen LogP contribution in [0.4, 0.5) is 0 Å². The summed E-state index contributed by atoms with van der Waals surface area (Å²) >= 11 is 0. The molecule has 0 bridgehead atoms. The van der Waals surface area contributed by atoms with Crippen LogP contribution in [0.25, 0.3) is 0 Å². The summed E-state index contributed by atoms with van der Waals surface area (Å²) in [5.41, 5.74) is 0. The minimum Gasteiger partial charge on any atom is -0.465 e. The number of carbonyl (C=O) groups is 1. The van der Waals surface area contributed by atoms with E-state index >= 15 is 0 Å². The molecule has 2 nitrogen and oxygen atoms in total. The van der Waals surface area contributed by atoms with Crippen molar-refractivity contribution in [3.05, 3.63) is 0 Å². The Bertz CT molecular complexity index is 630. The molecule has 0 rings (SSSR count). The molecule has 0 aliphatic carbocycles. The highest BCUT2D eigenvalue weighted by atomic mass is 16.5. The van der Waals surface area contributed by atoms with E-state index in [2.05, 4.69) is 20.8 Å². The fourth-order valence-corrected chi connectivity index (χ4v) is 7.96. The van der Waals surface area contributed by atoms with Gasteiger partial charge in [0.2, 0.25) is 0 Å². The van der Waals surface area contributed by atoms with Crippen LogP contribution in [-0.4, -0.2) is 12.6 Å². The van der Waals surface area contributed by atoms with Gasteiger partial charge in [-0.25, -0.2) is 0 Å². The summed E-state index contributed by atoms with van der Waals surface area (Å²) in [7, 11) is 0. The topological polar surface area (TPSA) is 26.3 Å². The molecule has 2 heteroatoms. The van der Waals surface area contributed by atoms with Crippen molar-refractivity contribution >= 4 is 5.97 Å². The quantitative estimate of drug-likeness (QED) is 0.0463. The second kappa shape index (κ2) is 45.6. The summed E-state index contributed by atoms with van der Waals surface area (Å²) in [6.45, 7) is 7.54. The summed E-state index contributed by atoms with van der Waals surface area (Å²) in [6.07, 6.45) is 58.6. The van der Waals surface area contributed by atoms with Gasteiger partial charge in [0.15, 0.2) is 0 Å². The van der Waals surface area contributed by atoms with Crippen molar-refractivity contribution in [1.29, 1.82) is 0 Å². The van der Waals surface area contributed by atoms with E-state index in [-0.39, 0.29) is 11.9 Å². The fraction of sp³-hybridized carbons (Fsp3) is 0.980. The summed E-state index contributed by atoms with van der Waals surface area (Å²) in [5, 5.41) is 0. The average molecular weight is 719 g/mol. The first-order chi connectivity index (χ1) is 25.3. The highest BCUT2D eigenvalue weighted by Crippen LogP contribution is 2.22. The molecular weight excluding hydrogens is 621 g/mol. The van der Waals surface area contributed by atoms with Crippen LogP contribution in [0.2, 0.25) is 0 Å². The van der Waals surface area contributed by atoms with E-state index in [4.69, 9.17) is 4.74 Å². The third-order valence-corrected chi connectivity index (χ3v) is 11.6. The van der Waals surface area contributed by atoms with Crippen molar-refractivity contribution in [1.82, 2.24) is 0 Å². The van der Waals surface area contributed by atoms with Crippen LogP contribution in [0.1, 0.15) is 297 Å². The number of ether oxygens (including phenoxy) is 1. The second-order valence-electron chi connectivity index (χ2n) is 16.9. The maximum Gasteiger partial charge on any atom is 0.308 e. The van der Waals surface area contributed by atoms with E-state index in [1.165, 1.54) is 257 Å². The maximum atomic E-state index is 13.2. The number of rotatable bonds is 45. The molecule has 0 aliphatic heterocycles. The number of esters is 1. The molecule has 0 radical (unpaired) electrons. The van der Waals surface area contributed by atoms with Crippen LogP contribution < -0.4 is 0 Å². The predicted molar refractivity (Wildman–Crippen MR) is 230 cm³/mol. The fourth-order valence-electron chi connectivity index (χ4n) is 7.96. The largest absolute Gasteiger partial charge is 0.465 e.